The van der Waals surface area contributed by atoms with Crippen molar-refractivity contribution in [1.29, 1.82) is 5.41 Å². The van der Waals surface area contributed by atoms with Gasteiger partial charge in [-0.3, -0.25) is 5.41 Å². The summed E-state index contributed by atoms with van der Waals surface area (Å²) >= 11 is 1.02. The Bertz CT molecular complexity index is 241. The van der Waals surface area contributed by atoms with Crippen LogP contribution < -0.4 is 5.73 Å². The summed E-state index contributed by atoms with van der Waals surface area (Å²) in [4.78, 5) is 0. The lowest BCUT2D eigenvalue weighted by molar-refractivity contribution is 0.665. The van der Waals surface area contributed by atoms with Gasteiger partial charge in [-0.15, -0.1) is 5.10 Å². The molecule has 1 aromatic heterocycles. The van der Waals surface area contributed by atoms with Crippen LogP contribution in [0, 0.1) is 5.41 Å². The minimum atomic E-state index is -0.0158. The second kappa shape index (κ2) is 2.65. The molecule has 54 valence electrons. The molecule has 1 rings (SSSR count). The minimum Gasteiger partial charge on any atom is -0.378 e. The molecule has 3 N–H and O–H groups in total. The van der Waals surface area contributed by atoms with Crippen LogP contribution in [0.3, 0.4) is 0 Å². The first-order valence-corrected chi connectivity index (χ1v) is 3.26. The number of aromatic nitrogens is 4. The van der Waals surface area contributed by atoms with E-state index in [2.05, 4.69) is 15.5 Å². The largest absolute Gasteiger partial charge is 0.378 e. The number of aryl methyl sites for hydroxylation is 1. The average molecular weight is 158 g/mol. The van der Waals surface area contributed by atoms with Gasteiger partial charge in [0.1, 0.15) is 0 Å². The van der Waals surface area contributed by atoms with Crippen LogP contribution in [-0.4, -0.2) is 25.4 Å². The first kappa shape index (κ1) is 7.00. The zero-order valence-corrected chi connectivity index (χ0v) is 6.09. The lowest BCUT2D eigenvalue weighted by Gasteiger charge is -1.92. The number of nitrogens with one attached hydrogen (secondary N) is 1. The zero-order valence-electron chi connectivity index (χ0n) is 5.27. The van der Waals surface area contributed by atoms with E-state index in [4.69, 9.17) is 11.1 Å². The van der Waals surface area contributed by atoms with E-state index in [0.29, 0.717) is 5.16 Å². The van der Waals surface area contributed by atoms with E-state index in [1.54, 1.807) is 7.05 Å². The number of tetrazole rings is 1. The van der Waals surface area contributed by atoms with Crippen LogP contribution in [0.4, 0.5) is 0 Å². The second-order valence-electron chi connectivity index (χ2n) is 1.55. The summed E-state index contributed by atoms with van der Waals surface area (Å²) < 4.78 is 1.45. The Balaban J connectivity index is 2.74. The standard InChI is InChI=1S/C3H6N6S/c1-9-3(6-7-8-9)10-2(4)5/h1H3,(H3,4,5). The van der Waals surface area contributed by atoms with Crippen LogP contribution in [0.25, 0.3) is 0 Å². The lowest BCUT2D eigenvalue weighted by Crippen LogP contribution is -2.05. The Hall–Kier alpha value is -1.11. The molecule has 6 nitrogen and oxygen atoms in total. The molecule has 1 aromatic rings. The molecule has 0 fully saturated rings. The summed E-state index contributed by atoms with van der Waals surface area (Å²) in [5, 5.41) is 17.9. The van der Waals surface area contributed by atoms with Crippen LogP contribution >= 0.6 is 11.8 Å². The Morgan fingerprint density at radius 1 is 1.80 bits per heavy atom. The molecule has 0 unspecified atom stereocenters. The fraction of sp³-hybridized carbons (Fsp3) is 0.333. The molecule has 0 radical (unpaired) electrons. The van der Waals surface area contributed by atoms with Crippen LogP contribution in [0.15, 0.2) is 5.16 Å². The molecule has 0 aliphatic rings. The third kappa shape index (κ3) is 1.44. The quantitative estimate of drug-likeness (QED) is 0.317. The predicted octanol–water partition coefficient (Wildman–Crippen LogP) is -0.804. The van der Waals surface area contributed by atoms with Crippen molar-refractivity contribution >= 4 is 16.9 Å². The molecule has 0 aliphatic heterocycles. The van der Waals surface area contributed by atoms with Gasteiger partial charge in [0.25, 0.3) is 0 Å². The zero-order chi connectivity index (χ0) is 7.56. The van der Waals surface area contributed by atoms with Gasteiger partial charge in [-0.1, -0.05) is 0 Å². The molecular weight excluding hydrogens is 152 g/mol. The van der Waals surface area contributed by atoms with Gasteiger partial charge in [0.05, 0.1) is 0 Å². The smallest absolute Gasteiger partial charge is 0.216 e. The number of thioether (sulfide) groups is 1. The van der Waals surface area contributed by atoms with Crippen molar-refractivity contribution < 1.29 is 0 Å². The third-order valence-electron chi connectivity index (χ3n) is 0.783. The molecular formula is C3H6N6S. The monoisotopic (exact) mass is 158 g/mol. The number of rotatable bonds is 1. The third-order valence-corrected chi connectivity index (χ3v) is 1.53. The van der Waals surface area contributed by atoms with Crippen molar-refractivity contribution in [2.75, 3.05) is 0 Å². The summed E-state index contributed by atoms with van der Waals surface area (Å²) in [6.07, 6.45) is 0. The number of nitrogens with two attached hydrogens (primary N) is 1. The first-order chi connectivity index (χ1) is 4.70. The fourth-order valence-corrected chi connectivity index (χ4v) is 0.849. The highest BCUT2D eigenvalue weighted by molar-refractivity contribution is 8.13. The molecule has 0 atom stereocenters. The molecule has 0 saturated carbocycles. The van der Waals surface area contributed by atoms with E-state index >= 15 is 0 Å². The van der Waals surface area contributed by atoms with Crippen LogP contribution in [0.5, 0.6) is 0 Å². The Morgan fingerprint density at radius 3 is 2.90 bits per heavy atom. The van der Waals surface area contributed by atoms with E-state index in [9.17, 15) is 0 Å². The topological polar surface area (TPSA) is 93.5 Å². The molecule has 10 heavy (non-hydrogen) atoms. The maximum absolute atomic E-state index is 6.90. The molecule has 0 amide bonds. The normalized spacial score (nSPS) is 9.70. The minimum absolute atomic E-state index is 0.0158. The Labute approximate surface area is 61.3 Å². The highest BCUT2D eigenvalue weighted by Gasteiger charge is 2.02. The lowest BCUT2D eigenvalue weighted by atomic mass is 11.2. The molecule has 0 aromatic carbocycles. The molecule has 0 aliphatic carbocycles. The van der Waals surface area contributed by atoms with E-state index in [-0.39, 0.29) is 5.17 Å². The Morgan fingerprint density at radius 2 is 2.50 bits per heavy atom. The number of hydrogen-bond donors (Lipinski definition) is 2. The SMILES string of the molecule is Cn1nnnc1SC(=N)N. The van der Waals surface area contributed by atoms with Gasteiger partial charge in [-0.25, -0.2) is 4.68 Å². The molecule has 7 heteroatoms. The number of hydrogen-bond acceptors (Lipinski definition) is 5. The maximum atomic E-state index is 6.90. The maximum Gasteiger partial charge on any atom is 0.216 e. The molecule has 0 bridgehead atoms. The van der Waals surface area contributed by atoms with Gasteiger partial charge < -0.3 is 5.73 Å². The first-order valence-electron chi connectivity index (χ1n) is 2.44. The molecule has 0 spiro atoms. The summed E-state index contributed by atoms with van der Waals surface area (Å²) in [6, 6.07) is 0. The average Bonchev–Trinajstić information content (AvgIpc) is 2.15. The molecule has 0 saturated heterocycles. The van der Waals surface area contributed by atoms with Crippen molar-refractivity contribution in [1.82, 2.24) is 20.2 Å². The number of nitrogens with zero attached hydrogens (tertiary/aromatic N) is 4. The molecule has 1 heterocycles. The van der Waals surface area contributed by atoms with Gasteiger partial charge in [-0.2, -0.15) is 0 Å². The summed E-state index contributed by atoms with van der Waals surface area (Å²) in [6.45, 7) is 0. The number of amidine groups is 1. The second-order valence-corrected chi connectivity index (χ2v) is 2.56. The van der Waals surface area contributed by atoms with E-state index in [1.165, 1.54) is 4.68 Å². The van der Waals surface area contributed by atoms with Crippen molar-refractivity contribution in [2.45, 2.75) is 5.16 Å². The highest BCUT2D eigenvalue weighted by Crippen LogP contribution is 2.09. The predicted molar refractivity (Wildman–Crippen MR) is 36.6 cm³/mol. The Kier molecular flexibility index (Phi) is 1.86. The van der Waals surface area contributed by atoms with E-state index in [1.807, 2.05) is 0 Å². The van der Waals surface area contributed by atoms with Gasteiger partial charge in [0, 0.05) is 7.05 Å². The van der Waals surface area contributed by atoms with Crippen LogP contribution in [0.1, 0.15) is 0 Å². The van der Waals surface area contributed by atoms with Crippen molar-refractivity contribution in [3.63, 3.8) is 0 Å². The van der Waals surface area contributed by atoms with Gasteiger partial charge >= 0.3 is 0 Å². The van der Waals surface area contributed by atoms with Gasteiger partial charge in [0.15, 0.2) is 5.17 Å². The summed E-state index contributed by atoms with van der Waals surface area (Å²) in [7, 11) is 1.69. The fourth-order valence-electron chi connectivity index (χ4n) is 0.406. The van der Waals surface area contributed by atoms with Gasteiger partial charge in [-0.05, 0) is 22.2 Å². The van der Waals surface area contributed by atoms with Crippen molar-refractivity contribution in [3.05, 3.63) is 0 Å². The summed E-state index contributed by atoms with van der Waals surface area (Å²) in [5.74, 6) is 0. The van der Waals surface area contributed by atoms with Crippen molar-refractivity contribution in [2.24, 2.45) is 12.8 Å². The van der Waals surface area contributed by atoms with E-state index in [0.717, 1.165) is 11.8 Å². The summed E-state index contributed by atoms with van der Waals surface area (Å²) in [5.41, 5.74) is 5.09. The highest BCUT2D eigenvalue weighted by atomic mass is 32.2. The van der Waals surface area contributed by atoms with Gasteiger partial charge in [0.2, 0.25) is 5.16 Å². The van der Waals surface area contributed by atoms with Crippen molar-refractivity contribution in [3.8, 4) is 0 Å². The van der Waals surface area contributed by atoms with E-state index < -0.39 is 0 Å². The van der Waals surface area contributed by atoms with Crippen LogP contribution in [-0.2, 0) is 7.05 Å². The van der Waals surface area contributed by atoms with Crippen LogP contribution in [0.2, 0.25) is 0 Å².